The Morgan fingerprint density at radius 1 is 1.16 bits per heavy atom. The van der Waals surface area contributed by atoms with Gasteiger partial charge in [0, 0.05) is 38.3 Å². The molecule has 2 fully saturated rings. The molecule has 0 aliphatic carbocycles. The maximum absolute atomic E-state index is 12.8. The minimum Gasteiger partial charge on any atom is -0.496 e. The molecule has 0 spiro atoms. The van der Waals surface area contributed by atoms with E-state index in [0.29, 0.717) is 6.54 Å². The number of piperazine rings is 1. The summed E-state index contributed by atoms with van der Waals surface area (Å²) < 4.78 is 5.53. The fraction of sp³-hybridized carbons (Fsp3) is 0.632. The summed E-state index contributed by atoms with van der Waals surface area (Å²) in [5, 5.41) is 3.46. The van der Waals surface area contributed by atoms with E-state index in [9.17, 15) is 4.79 Å². The lowest BCUT2D eigenvalue weighted by atomic mass is 10.0. The Labute approximate surface area is 157 Å². The van der Waals surface area contributed by atoms with E-state index in [1.54, 1.807) is 7.11 Å². The third-order valence-electron chi connectivity index (χ3n) is 5.15. The SMILES string of the molecule is COc1ccccc1C1CNCCN1CC(=O)N1CCCCCC1.Cl. The largest absolute Gasteiger partial charge is 0.496 e. The van der Waals surface area contributed by atoms with Crippen LogP contribution >= 0.6 is 12.4 Å². The first kappa shape index (κ1) is 20.0. The number of amides is 1. The summed E-state index contributed by atoms with van der Waals surface area (Å²) in [6.45, 7) is 5.02. The smallest absolute Gasteiger partial charge is 0.236 e. The van der Waals surface area contributed by atoms with Crippen molar-refractivity contribution in [1.82, 2.24) is 15.1 Å². The number of likely N-dealkylation sites (tertiary alicyclic amines) is 1. The molecule has 1 unspecified atom stereocenters. The second-order valence-corrected chi connectivity index (χ2v) is 6.73. The molecule has 25 heavy (non-hydrogen) atoms. The molecule has 0 radical (unpaired) electrons. The summed E-state index contributed by atoms with van der Waals surface area (Å²) in [4.78, 5) is 17.2. The maximum atomic E-state index is 12.8. The van der Waals surface area contributed by atoms with Crippen LogP contribution in [0.2, 0.25) is 0 Å². The number of benzene rings is 1. The summed E-state index contributed by atoms with van der Waals surface area (Å²) in [6, 6.07) is 8.33. The monoisotopic (exact) mass is 367 g/mol. The Kier molecular flexibility index (Phi) is 8.00. The summed E-state index contributed by atoms with van der Waals surface area (Å²) in [6.07, 6.45) is 4.79. The number of methoxy groups -OCH3 is 1. The molecule has 2 saturated heterocycles. The van der Waals surface area contributed by atoms with Crippen molar-refractivity contribution in [2.45, 2.75) is 31.7 Å². The van der Waals surface area contributed by atoms with Crippen molar-refractivity contribution in [2.24, 2.45) is 0 Å². The zero-order chi connectivity index (χ0) is 16.8. The van der Waals surface area contributed by atoms with Gasteiger partial charge in [0.1, 0.15) is 5.75 Å². The van der Waals surface area contributed by atoms with Crippen LogP contribution in [-0.4, -0.2) is 62.1 Å². The number of hydrogen-bond acceptors (Lipinski definition) is 4. The fourth-order valence-electron chi connectivity index (χ4n) is 3.78. The summed E-state index contributed by atoms with van der Waals surface area (Å²) in [5.74, 6) is 1.18. The first-order valence-electron chi connectivity index (χ1n) is 9.15. The lowest BCUT2D eigenvalue weighted by Gasteiger charge is -2.37. The molecule has 1 amide bonds. The molecular formula is C19H30ClN3O2. The van der Waals surface area contributed by atoms with Crippen molar-refractivity contribution in [3.05, 3.63) is 29.8 Å². The molecule has 1 aromatic rings. The van der Waals surface area contributed by atoms with Gasteiger partial charge >= 0.3 is 0 Å². The van der Waals surface area contributed by atoms with Gasteiger partial charge in [-0.3, -0.25) is 9.69 Å². The Morgan fingerprint density at radius 2 is 1.88 bits per heavy atom. The van der Waals surface area contributed by atoms with E-state index in [2.05, 4.69) is 21.2 Å². The van der Waals surface area contributed by atoms with Gasteiger partial charge in [-0.05, 0) is 18.9 Å². The number of carbonyl (C=O) groups excluding carboxylic acids is 1. The van der Waals surface area contributed by atoms with Gasteiger partial charge in [-0.15, -0.1) is 12.4 Å². The summed E-state index contributed by atoms with van der Waals surface area (Å²) in [5.41, 5.74) is 1.16. The van der Waals surface area contributed by atoms with E-state index >= 15 is 0 Å². The number of hydrogen-bond donors (Lipinski definition) is 1. The van der Waals surface area contributed by atoms with Gasteiger partial charge in [-0.2, -0.15) is 0 Å². The molecule has 5 nitrogen and oxygen atoms in total. The molecule has 0 saturated carbocycles. The lowest BCUT2D eigenvalue weighted by molar-refractivity contribution is -0.133. The lowest BCUT2D eigenvalue weighted by Crippen LogP contribution is -2.50. The maximum Gasteiger partial charge on any atom is 0.236 e. The standard InChI is InChI=1S/C19H29N3O2.ClH/c1-24-18-9-5-4-8-16(18)17-14-20-10-13-22(17)15-19(23)21-11-6-2-3-7-12-21;/h4-5,8-9,17,20H,2-3,6-7,10-15H2,1H3;1H. The Morgan fingerprint density at radius 3 is 2.60 bits per heavy atom. The first-order valence-corrected chi connectivity index (χ1v) is 9.15. The van der Waals surface area contributed by atoms with E-state index in [1.165, 1.54) is 12.8 Å². The normalized spacial score (nSPS) is 22.0. The van der Waals surface area contributed by atoms with Crippen molar-refractivity contribution in [3.63, 3.8) is 0 Å². The number of carbonyl (C=O) groups is 1. The van der Waals surface area contributed by atoms with Crippen LogP contribution in [-0.2, 0) is 4.79 Å². The number of rotatable bonds is 4. The molecule has 2 heterocycles. The van der Waals surface area contributed by atoms with Crippen molar-refractivity contribution < 1.29 is 9.53 Å². The zero-order valence-corrected chi connectivity index (χ0v) is 15.9. The average molecular weight is 368 g/mol. The third-order valence-corrected chi connectivity index (χ3v) is 5.15. The zero-order valence-electron chi connectivity index (χ0n) is 15.1. The van der Waals surface area contributed by atoms with Gasteiger partial charge in [0.05, 0.1) is 19.7 Å². The predicted molar refractivity (Wildman–Crippen MR) is 102 cm³/mol. The van der Waals surface area contributed by atoms with Crippen LogP contribution in [0.1, 0.15) is 37.3 Å². The van der Waals surface area contributed by atoms with Gasteiger partial charge in [0.25, 0.3) is 0 Å². The number of para-hydroxylation sites is 1. The highest BCUT2D eigenvalue weighted by Crippen LogP contribution is 2.30. The van der Waals surface area contributed by atoms with E-state index < -0.39 is 0 Å². The highest BCUT2D eigenvalue weighted by molar-refractivity contribution is 5.85. The van der Waals surface area contributed by atoms with Gasteiger partial charge in [0.2, 0.25) is 5.91 Å². The number of nitrogens with one attached hydrogen (secondary N) is 1. The van der Waals surface area contributed by atoms with Crippen LogP contribution in [0.5, 0.6) is 5.75 Å². The molecule has 1 N–H and O–H groups in total. The van der Waals surface area contributed by atoms with E-state index in [-0.39, 0.29) is 24.4 Å². The highest BCUT2D eigenvalue weighted by Gasteiger charge is 2.29. The Hall–Kier alpha value is -1.30. The molecule has 2 aliphatic heterocycles. The van der Waals surface area contributed by atoms with E-state index in [0.717, 1.165) is 56.9 Å². The van der Waals surface area contributed by atoms with E-state index in [4.69, 9.17) is 4.74 Å². The van der Waals surface area contributed by atoms with Crippen molar-refractivity contribution in [1.29, 1.82) is 0 Å². The van der Waals surface area contributed by atoms with Crippen molar-refractivity contribution in [3.8, 4) is 5.75 Å². The van der Waals surface area contributed by atoms with Crippen LogP contribution in [0.4, 0.5) is 0 Å². The van der Waals surface area contributed by atoms with Gasteiger partial charge in [-0.1, -0.05) is 31.0 Å². The van der Waals surface area contributed by atoms with Crippen molar-refractivity contribution >= 4 is 18.3 Å². The second kappa shape index (κ2) is 10.00. The number of nitrogens with zero attached hydrogens (tertiary/aromatic N) is 2. The number of ether oxygens (including phenoxy) is 1. The Bertz CT molecular complexity index is 547. The van der Waals surface area contributed by atoms with Crippen LogP contribution in [0.25, 0.3) is 0 Å². The minimum absolute atomic E-state index is 0. The Balaban J connectivity index is 0.00000225. The molecular weight excluding hydrogens is 338 g/mol. The highest BCUT2D eigenvalue weighted by atomic mass is 35.5. The molecule has 2 aliphatic rings. The molecule has 0 bridgehead atoms. The van der Waals surface area contributed by atoms with Crippen molar-refractivity contribution in [2.75, 3.05) is 46.4 Å². The summed E-state index contributed by atoms with van der Waals surface area (Å²) in [7, 11) is 1.71. The minimum atomic E-state index is 0. The number of halogens is 1. The quantitative estimate of drug-likeness (QED) is 0.887. The average Bonchev–Trinajstić information content (AvgIpc) is 2.92. The van der Waals surface area contributed by atoms with Crippen LogP contribution in [0.3, 0.4) is 0 Å². The fourth-order valence-corrected chi connectivity index (χ4v) is 3.78. The van der Waals surface area contributed by atoms with Gasteiger partial charge in [-0.25, -0.2) is 0 Å². The van der Waals surface area contributed by atoms with Crippen LogP contribution in [0, 0.1) is 0 Å². The topological polar surface area (TPSA) is 44.8 Å². The van der Waals surface area contributed by atoms with Crippen LogP contribution in [0.15, 0.2) is 24.3 Å². The molecule has 1 aromatic carbocycles. The third kappa shape index (κ3) is 5.09. The molecule has 3 rings (SSSR count). The molecule has 6 heteroatoms. The van der Waals surface area contributed by atoms with Gasteiger partial charge < -0.3 is 15.0 Å². The molecule has 0 aromatic heterocycles. The second-order valence-electron chi connectivity index (χ2n) is 6.73. The molecule has 140 valence electrons. The van der Waals surface area contributed by atoms with Gasteiger partial charge in [0.15, 0.2) is 0 Å². The van der Waals surface area contributed by atoms with Crippen LogP contribution < -0.4 is 10.1 Å². The first-order chi connectivity index (χ1) is 11.8. The van der Waals surface area contributed by atoms with E-state index in [1.807, 2.05) is 18.2 Å². The molecule has 1 atom stereocenters. The summed E-state index contributed by atoms with van der Waals surface area (Å²) >= 11 is 0. The predicted octanol–water partition coefficient (Wildman–Crippen LogP) is 2.47.